The first-order valence-corrected chi connectivity index (χ1v) is 7.46. The second kappa shape index (κ2) is 5.27. The highest BCUT2D eigenvalue weighted by molar-refractivity contribution is 4.87. The molecule has 0 amide bonds. The fourth-order valence-electron chi connectivity index (χ4n) is 3.37. The monoisotopic (exact) mass is 238 g/mol. The molecule has 2 aliphatic heterocycles. The first kappa shape index (κ1) is 13.4. The lowest BCUT2D eigenvalue weighted by Crippen LogP contribution is -2.40. The van der Waals surface area contributed by atoms with Crippen molar-refractivity contribution >= 4 is 0 Å². The Hall–Kier alpha value is -0.0800. The third-order valence-electron chi connectivity index (χ3n) is 4.70. The van der Waals surface area contributed by atoms with Crippen LogP contribution in [0.15, 0.2) is 0 Å². The van der Waals surface area contributed by atoms with Gasteiger partial charge in [-0.15, -0.1) is 0 Å². The van der Waals surface area contributed by atoms with E-state index in [4.69, 9.17) is 0 Å². The summed E-state index contributed by atoms with van der Waals surface area (Å²) in [4.78, 5) is 5.37. The lowest BCUT2D eigenvalue weighted by atomic mass is 10.1. The molecule has 2 aliphatic rings. The third kappa shape index (κ3) is 3.45. The lowest BCUT2D eigenvalue weighted by Gasteiger charge is -2.32. The molecule has 17 heavy (non-hydrogen) atoms. The standard InChI is InChI=1S/C15H30N2/c1-5-13-6-8-16(10-13)11-14-7-9-17(12-14)15(2,3)4/h13-14H,5-12H2,1-4H3. The maximum Gasteiger partial charge on any atom is 0.0125 e. The molecule has 2 rings (SSSR count). The van der Waals surface area contributed by atoms with Gasteiger partial charge in [-0.25, -0.2) is 0 Å². The maximum atomic E-state index is 2.71. The predicted octanol–water partition coefficient (Wildman–Crippen LogP) is 2.84. The van der Waals surface area contributed by atoms with Gasteiger partial charge >= 0.3 is 0 Å². The molecule has 2 nitrogen and oxygen atoms in total. The number of rotatable bonds is 3. The molecule has 2 heterocycles. The zero-order chi connectivity index (χ0) is 12.5. The summed E-state index contributed by atoms with van der Waals surface area (Å²) in [6.07, 6.45) is 4.21. The van der Waals surface area contributed by atoms with Crippen molar-refractivity contribution in [1.82, 2.24) is 9.80 Å². The van der Waals surface area contributed by atoms with Crippen LogP contribution in [0.1, 0.15) is 47.0 Å². The van der Waals surface area contributed by atoms with Crippen LogP contribution in [0, 0.1) is 11.8 Å². The molecule has 2 heteroatoms. The second-order valence-electron chi connectivity index (χ2n) is 7.09. The summed E-state index contributed by atoms with van der Waals surface area (Å²) < 4.78 is 0. The number of hydrogen-bond acceptors (Lipinski definition) is 2. The molecule has 0 spiro atoms. The molecule has 2 unspecified atom stereocenters. The summed E-state index contributed by atoms with van der Waals surface area (Å²) in [6, 6.07) is 0. The van der Waals surface area contributed by atoms with Crippen molar-refractivity contribution in [3.8, 4) is 0 Å². The summed E-state index contributed by atoms with van der Waals surface area (Å²) >= 11 is 0. The van der Waals surface area contributed by atoms with Crippen molar-refractivity contribution in [2.75, 3.05) is 32.7 Å². The second-order valence-corrected chi connectivity index (χ2v) is 7.09. The zero-order valence-electron chi connectivity index (χ0n) is 12.2. The van der Waals surface area contributed by atoms with E-state index < -0.39 is 0 Å². The first-order chi connectivity index (χ1) is 7.99. The zero-order valence-corrected chi connectivity index (χ0v) is 12.2. The van der Waals surface area contributed by atoms with E-state index in [1.807, 2.05) is 0 Å². The summed E-state index contributed by atoms with van der Waals surface area (Å²) in [5, 5.41) is 0. The third-order valence-corrected chi connectivity index (χ3v) is 4.70. The van der Waals surface area contributed by atoms with E-state index in [0.29, 0.717) is 5.54 Å². The maximum absolute atomic E-state index is 2.71. The molecule has 2 saturated heterocycles. The lowest BCUT2D eigenvalue weighted by molar-refractivity contribution is 0.161. The smallest absolute Gasteiger partial charge is 0.0125 e. The minimum atomic E-state index is 0.367. The number of nitrogens with zero attached hydrogens (tertiary/aromatic N) is 2. The summed E-state index contributed by atoms with van der Waals surface area (Å²) in [7, 11) is 0. The highest BCUT2D eigenvalue weighted by atomic mass is 15.2. The van der Waals surface area contributed by atoms with Crippen LogP contribution in [0.5, 0.6) is 0 Å². The van der Waals surface area contributed by atoms with E-state index in [9.17, 15) is 0 Å². The fraction of sp³-hybridized carbons (Fsp3) is 1.00. The van der Waals surface area contributed by atoms with Gasteiger partial charge in [0.1, 0.15) is 0 Å². The van der Waals surface area contributed by atoms with Crippen molar-refractivity contribution in [3.63, 3.8) is 0 Å². The predicted molar refractivity (Wildman–Crippen MR) is 74.3 cm³/mol. The van der Waals surface area contributed by atoms with Crippen molar-refractivity contribution in [2.24, 2.45) is 11.8 Å². The first-order valence-electron chi connectivity index (χ1n) is 7.46. The van der Waals surface area contributed by atoms with E-state index in [0.717, 1.165) is 11.8 Å². The SMILES string of the molecule is CCC1CCN(CC2CCN(C(C)(C)C)C2)C1. The van der Waals surface area contributed by atoms with Crippen molar-refractivity contribution < 1.29 is 0 Å². The molecular weight excluding hydrogens is 208 g/mol. The van der Waals surface area contributed by atoms with Gasteiger partial charge < -0.3 is 4.90 Å². The average molecular weight is 238 g/mol. The highest BCUT2D eigenvalue weighted by Crippen LogP contribution is 2.27. The summed E-state index contributed by atoms with van der Waals surface area (Å²) in [5.74, 6) is 1.90. The van der Waals surface area contributed by atoms with Crippen molar-refractivity contribution in [2.45, 2.75) is 52.5 Å². The van der Waals surface area contributed by atoms with E-state index in [1.54, 1.807) is 0 Å². The molecule has 0 saturated carbocycles. The van der Waals surface area contributed by atoms with Crippen LogP contribution in [0.3, 0.4) is 0 Å². The molecule has 0 bridgehead atoms. The van der Waals surface area contributed by atoms with Crippen molar-refractivity contribution in [1.29, 1.82) is 0 Å². The van der Waals surface area contributed by atoms with E-state index in [1.165, 1.54) is 52.0 Å². The molecule has 0 radical (unpaired) electrons. The Bertz CT molecular complexity index is 244. The summed E-state index contributed by atoms with van der Waals surface area (Å²) in [6.45, 7) is 16.1. The van der Waals surface area contributed by atoms with Crippen LogP contribution in [-0.2, 0) is 0 Å². The molecule has 0 aliphatic carbocycles. The van der Waals surface area contributed by atoms with Crippen LogP contribution in [0.4, 0.5) is 0 Å². The molecular formula is C15H30N2. The van der Waals surface area contributed by atoms with Crippen LogP contribution in [-0.4, -0.2) is 48.1 Å². The van der Waals surface area contributed by atoms with Crippen molar-refractivity contribution in [3.05, 3.63) is 0 Å². The van der Waals surface area contributed by atoms with E-state index in [2.05, 4.69) is 37.5 Å². The number of likely N-dealkylation sites (tertiary alicyclic amines) is 2. The minimum absolute atomic E-state index is 0.367. The molecule has 0 aromatic heterocycles. The Labute approximate surface area is 107 Å². The Morgan fingerprint density at radius 2 is 1.71 bits per heavy atom. The highest BCUT2D eigenvalue weighted by Gasteiger charge is 2.32. The molecule has 2 atom stereocenters. The Balaban J connectivity index is 1.75. The van der Waals surface area contributed by atoms with Crippen LogP contribution >= 0.6 is 0 Å². The van der Waals surface area contributed by atoms with E-state index in [-0.39, 0.29) is 0 Å². The molecule has 0 aromatic carbocycles. The Morgan fingerprint density at radius 3 is 2.24 bits per heavy atom. The molecule has 0 aromatic rings. The normalized spacial score (nSPS) is 32.5. The van der Waals surface area contributed by atoms with Crippen LogP contribution in [0.2, 0.25) is 0 Å². The Morgan fingerprint density at radius 1 is 1.00 bits per heavy atom. The van der Waals surface area contributed by atoms with Gasteiger partial charge in [-0.05, 0) is 58.5 Å². The number of hydrogen-bond donors (Lipinski definition) is 0. The minimum Gasteiger partial charge on any atom is -0.303 e. The van der Waals surface area contributed by atoms with Gasteiger partial charge in [0.05, 0.1) is 0 Å². The largest absolute Gasteiger partial charge is 0.303 e. The molecule has 2 fully saturated rings. The van der Waals surface area contributed by atoms with Gasteiger partial charge in [-0.2, -0.15) is 0 Å². The fourth-order valence-corrected chi connectivity index (χ4v) is 3.37. The molecule has 0 N–H and O–H groups in total. The Kier molecular flexibility index (Phi) is 4.14. The van der Waals surface area contributed by atoms with Gasteiger partial charge in [0, 0.05) is 25.2 Å². The van der Waals surface area contributed by atoms with E-state index >= 15 is 0 Å². The van der Waals surface area contributed by atoms with Gasteiger partial charge in [0.15, 0.2) is 0 Å². The quantitative estimate of drug-likeness (QED) is 0.746. The molecule has 100 valence electrons. The van der Waals surface area contributed by atoms with Gasteiger partial charge in [0.2, 0.25) is 0 Å². The van der Waals surface area contributed by atoms with Gasteiger partial charge in [-0.1, -0.05) is 13.3 Å². The van der Waals surface area contributed by atoms with Crippen LogP contribution in [0.25, 0.3) is 0 Å². The van der Waals surface area contributed by atoms with Crippen LogP contribution < -0.4 is 0 Å². The van der Waals surface area contributed by atoms with Gasteiger partial charge in [0.25, 0.3) is 0 Å². The van der Waals surface area contributed by atoms with Gasteiger partial charge in [-0.3, -0.25) is 4.90 Å². The average Bonchev–Trinajstić information content (AvgIpc) is 2.86. The topological polar surface area (TPSA) is 6.48 Å². The summed E-state index contributed by atoms with van der Waals surface area (Å²) in [5.41, 5.74) is 0.367.